The summed E-state index contributed by atoms with van der Waals surface area (Å²) in [6.07, 6.45) is 8.49. The van der Waals surface area contributed by atoms with Gasteiger partial charge >= 0.3 is 0 Å². The molecular weight excluding hydrogens is 242 g/mol. The average molecular weight is 256 g/mol. The third kappa shape index (κ3) is 2.67. The number of rotatable bonds is 2. The van der Waals surface area contributed by atoms with Crippen molar-refractivity contribution in [1.82, 2.24) is 9.97 Å². The van der Waals surface area contributed by atoms with Crippen molar-refractivity contribution in [3.8, 4) is 0 Å². The monoisotopic (exact) mass is 255 g/mol. The molecule has 3 nitrogen and oxygen atoms in total. The molecule has 1 fully saturated rings. The van der Waals surface area contributed by atoms with E-state index < -0.39 is 0 Å². The molecule has 14 heavy (non-hydrogen) atoms. The molecule has 0 amide bonds. The molecule has 1 N–H and O–H groups in total. The first-order valence-corrected chi connectivity index (χ1v) is 5.94. The topological polar surface area (TPSA) is 37.8 Å². The summed E-state index contributed by atoms with van der Waals surface area (Å²) in [5.74, 6) is 0.749. The molecule has 0 bridgehead atoms. The SMILES string of the molecule is BrC1CCCC(Nc2ncccn2)C1. The Morgan fingerprint density at radius 3 is 2.79 bits per heavy atom. The van der Waals surface area contributed by atoms with Crippen molar-refractivity contribution in [2.24, 2.45) is 0 Å². The maximum atomic E-state index is 4.16. The summed E-state index contributed by atoms with van der Waals surface area (Å²) in [5, 5.41) is 3.36. The Balaban J connectivity index is 1.91. The Kier molecular flexibility index (Phi) is 3.35. The van der Waals surface area contributed by atoms with Gasteiger partial charge in [0.15, 0.2) is 0 Å². The van der Waals surface area contributed by atoms with Gasteiger partial charge in [-0.3, -0.25) is 0 Å². The van der Waals surface area contributed by atoms with Crippen molar-refractivity contribution in [3.63, 3.8) is 0 Å². The van der Waals surface area contributed by atoms with Crippen molar-refractivity contribution in [2.45, 2.75) is 36.6 Å². The fraction of sp³-hybridized carbons (Fsp3) is 0.600. The van der Waals surface area contributed by atoms with Gasteiger partial charge in [-0.1, -0.05) is 22.4 Å². The van der Waals surface area contributed by atoms with Gasteiger partial charge in [0, 0.05) is 23.3 Å². The van der Waals surface area contributed by atoms with Crippen LogP contribution in [0.3, 0.4) is 0 Å². The summed E-state index contributed by atoms with van der Waals surface area (Å²) < 4.78 is 0. The molecule has 2 unspecified atom stereocenters. The zero-order valence-corrected chi connectivity index (χ0v) is 9.57. The second-order valence-electron chi connectivity index (χ2n) is 3.68. The normalized spacial score (nSPS) is 27.2. The largest absolute Gasteiger partial charge is 0.351 e. The fourth-order valence-electron chi connectivity index (χ4n) is 1.82. The molecule has 2 rings (SSSR count). The number of nitrogens with one attached hydrogen (secondary N) is 1. The molecule has 1 saturated carbocycles. The zero-order valence-electron chi connectivity index (χ0n) is 7.99. The van der Waals surface area contributed by atoms with Crippen LogP contribution in [0, 0.1) is 0 Å². The Bertz CT molecular complexity index is 278. The van der Waals surface area contributed by atoms with Gasteiger partial charge in [0.2, 0.25) is 5.95 Å². The molecule has 1 heterocycles. The minimum absolute atomic E-state index is 0.524. The molecule has 1 aromatic rings. The zero-order chi connectivity index (χ0) is 9.80. The molecule has 76 valence electrons. The summed E-state index contributed by atoms with van der Waals surface area (Å²) >= 11 is 3.66. The molecule has 1 aliphatic carbocycles. The highest BCUT2D eigenvalue weighted by molar-refractivity contribution is 9.09. The van der Waals surface area contributed by atoms with E-state index in [0.29, 0.717) is 10.9 Å². The maximum absolute atomic E-state index is 4.16. The van der Waals surface area contributed by atoms with E-state index >= 15 is 0 Å². The van der Waals surface area contributed by atoms with Gasteiger partial charge in [-0.25, -0.2) is 9.97 Å². The lowest BCUT2D eigenvalue weighted by Crippen LogP contribution is -2.28. The molecule has 1 aliphatic rings. The third-order valence-corrected chi connectivity index (χ3v) is 3.34. The smallest absolute Gasteiger partial charge is 0.222 e. The van der Waals surface area contributed by atoms with Crippen molar-refractivity contribution in [2.75, 3.05) is 5.32 Å². The fourth-order valence-corrected chi connectivity index (χ4v) is 2.59. The number of nitrogens with zero attached hydrogens (tertiary/aromatic N) is 2. The van der Waals surface area contributed by atoms with E-state index in [1.165, 1.54) is 19.3 Å². The van der Waals surface area contributed by atoms with E-state index in [4.69, 9.17) is 0 Å². The first kappa shape index (κ1) is 9.90. The Morgan fingerprint density at radius 2 is 2.07 bits per heavy atom. The lowest BCUT2D eigenvalue weighted by molar-refractivity contribution is 0.476. The second-order valence-corrected chi connectivity index (χ2v) is 4.97. The van der Waals surface area contributed by atoms with Gasteiger partial charge < -0.3 is 5.32 Å². The molecular formula is C10H14BrN3. The predicted molar refractivity (Wildman–Crippen MR) is 60.6 cm³/mol. The van der Waals surface area contributed by atoms with E-state index in [1.54, 1.807) is 12.4 Å². The summed E-state index contributed by atoms with van der Waals surface area (Å²) in [6.45, 7) is 0. The average Bonchev–Trinajstić information content (AvgIpc) is 2.19. The first-order chi connectivity index (χ1) is 6.84. The quantitative estimate of drug-likeness (QED) is 0.826. The van der Waals surface area contributed by atoms with E-state index in [1.807, 2.05) is 6.07 Å². The number of alkyl halides is 1. The minimum Gasteiger partial charge on any atom is -0.351 e. The van der Waals surface area contributed by atoms with Crippen LogP contribution >= 0.6 is 15.9 Å². The van der Waals surface area contributed by atoms with Crippen molar-refractivity contribution in [3.05, 3.63) is 18.5 Å². The van der Waals surface area contributed by atoms with Gasteiger partial charge in [-0.15, -0.1) is 0 Å². The van der Waals surface area contributed by atoms with Crippen LogP contribution in [-0.2, 0) is 0 Å². The summed E-state index contributed by atoms with van der Waals surface area (Å²) in [4.78, 5) is 8.97. The highest BCUT2D eigenvalue weighted by Gasteiger charge is 2.19. The van der Waals surface area contributed by atoms with E-state index in [9.17, 15) is 0 Å². The molecule has 0 aliphatic heterocycles. The first-order valence-electron chi connectivity index (χ1n) is 5.02. The number of hydrogen-bond acceptors (Lipinski definition) is 3. The van der Waals surface area contributed by atoms with E-state index in [-0.39, 0.29) is 0 Å². The molecule has 1 aromatic heterocycles. The summed E-state index contributed by atoms with van der Waals surface area (Å²) in [5.41, 5.74) is 0. The second kappa shape index (κ2) is 4.73. The molecule has 4 heteroatoms. The lowest BCUT2D eigenvalue weighted by Gasteiger charge is -2.26. The number of aromatic nitrogens is 2. The van der Waals surface area contributed by atoms with Gasteiger partial charge in [-0.2, -0.15) is 0 Å². The minimum atomic E-state index is 0.524. The van der Waals surface area contributed by atoms with Crippen molar-refractivity contribution >= 4 is 21.9 Å². The van der Waals surface area contributed by atoms with Crippen LogP contribution in [0.5, 0.6) is 0 Å². The van der Waals surface area contributed by atoms with Gasteiger partial charge in [0.05, 0.1) is 0 Å². The highest BCUT2D eigenvalue weighted by atomic mass is 79.9. The van der Waals surface area contributed by atoms with Crippen LogP contribution in [0.2, 0.25) is 0 Å². The molecule has 2 atom stereocenters. The van der Waals surface area contributed by atoms with E-state index in [0.717, 1.165) is 12.4 Å². The van der Waals surface area contributed by atoms with Gasteiger partial charge in [0.25, 0.3) is 0 Å². The molecule has 0 saturated heterocycles. The van der Waals surface area contributed by atoms with Crippen LogP contribution in [0.4, 0.5) is 5.95 Å². The number of anilines is 1. The molecule has 0 aromatic carbocycles. The van der Waals surface area contributed by atoms with Crippen molar-refractivity contribution in [1.29, 1.82) is 0 Å². The maximum Gasteiger partial charge on any atom is 0.222 e. The standard InChI is InChI=1S/C10H14BrN3/c11-8-3-1-4-9(7-8)14-10-12-5-2-6-13-10/h2,5-6,8-9H,1,3-4,7H2,(H,12,13,14). The van der Waals surface area contributed by atoms with Crippen LogP contribution in [0.15, 0.2) is 18.5 Å². The summed E-state index contributed by atoms with van der Waals surface area (Å²) in [7, 11) is 0. The van der Waals surface area contributed by atoms with Crippen LogP contribution in [0.25, 0.3) is 0 Å². The highest BCUT2D eigenvalue weighted by Crippen LogP contribution is 2.25. The molecule has 0 spiro atoms. The Hall–Kier alpha value is -0.640. The van der Waals surface area contributed by atoms with Crippen LogP contribution in [0.1, 0.15) is 25.7 Å². The molecule has 0 radical (unpaired) electrons. The van der Waals surface area contributed by atoms with Gasteiger partial charge in [0.1, 0.15) is 0 Å². The van der Waals surface area contributed by atoms with Crippen LogP contribution < -0.4 is 5.32 Å². The Labute approximate surface area is 92.5 Å². The van der Waals surface area contributed by atoms with Crippen LogP contribution in [-0.4, -0.2) is 20.8 Å². The Morgan fingerprint density at radius 1 is 1.29 bits per heavy atom. The number of halogens is 1. The number of hydrogen-bond donors (Lipinski definition) is 1. The third-order valence-electron chi connectivity index (χ3n) is 2.51. The van der Waals surface area contributed by atoms with Crippen molar-refractivity contribution < 1.29 is 0 Å². The van der Waals surface area contributed by atoms with Gasteiger partial charge in [-0.05, 0) is 25.3 Å². The van der Waals surface area contributed by atoms with E-state index in [2.05, 4.69) is 31.2 Å². The summed E-state index contributed by atoms with van der Waals surface area (Å²) in [6, 6.07) is 2.36. The lowest BCUT2D eigenvalue weighted by atomic mass is 9.95. The predicted octanol–water partition coefficient (Wildman–Crippen LogP) is 2.59.